The van der Waals surface area contributed by atoms with E-state index in [1.165, 1.54) is 19.2 Å². The van der Waals surface area contributed by atoms with Crippen molar-refractivity contribution in [3.63, 3.8) is 0 Å². The Morgan fingerprint density at radius 3 is 2.39 bits per heavy atom. The van der Waals surface area contributed by atoms with Crippen molar-refractivity contribution in [2.45, 2.75) is 13.2 Å². The van der Waals surface area contributed by atoms with Gasteiger partial charge >= 0.3 is 0 Å². The van der Waals surface area contributed by atoms with Crippen LogP contribution in [0.1, 0.15) is 21.6 Å². The summed E-state index contributed by atoms with van der Waals surface area (Å²) >= 11 is 12.2. The monoisotopic (exact) mass is 416 g/mol. The molecule has 0 aliphatic rings. The number of methoxy groups -OCH3 is 1. The van der Waals surface area contributed by atoms with Gasteiger partial charge in [0.1, 0.15) is 12.4 Å². The number of hydrogen-bond acceptors (Lipinski definition) is 4. The van der Waals surface area contributed by atoms with Gasteiger partial charge in [-0.25, -0.2) is 0 Å². The van der Waals surface area contributed by atoms with Crippen molar-refractivity contribution in [2.75, 3.05) is 7.11 Å². The van der Waals surface area contributed by atoms with Crippen LogP contribution in [-0.2, 0) is 13.2 Å². The van der Waals surface area contributed by atoms with Gasteiger partial charge in [0.25, 0.3) is 5.91 Å². The van der Waals surface area contributed by atoms with E-state index in [1.54, 1.807) is 6.20 Å². The zero-order chi connectivity index (χ0) is 19.9. The molecule has 0 saturated heterocycles. The summed E-state index contributed by atoms with van der Waals surface area (Å²) in [7, 11) is 1.47. The standard InChI is InChI=1S/C21H18Cl2N2O3/c1-27-20-18(22)10-15(11-19(20)23)21(26)25-12-14-5-7-17(8-6-14)28-13-16-4-2-3-9-24-16/h2-11H,12-13H2,1H3,(H,25,26). The molecule has 0 unspecified atom stereocenters. The number of ether oxygens (including phenoxy) is 2. The molecule has 2 aromatic carbocycles. The Kier molecular flexibility index (Phi) is 6.74. The Bertz CT molecular complexity index is 925. The lowest BCUT2D eigenvalue weighted by atomic mass is 10.1. The predicted octanol–water partition coefficient (Wildman–Crippen LogP) is 4.91. The highest BCUT2D eigenvalue weighted by atomic mass is 35.5. The van der Waals surface area contributed by atoms with Crippen LogP contribution in [0.15, 0.2) is 60.8 Å². The third-order valence-corrected chi connectivity index (χ3v) is 4.52. The average molecular weight is 417 g/mol. The second kappa shape index (κ2) is 9.44. The lowest BCUT2D eigenvalue weighted by Crippen LogP contribution is -2.22. The minimum Gasteiger partial charge on any atom is -0.494 e. The summed E-state index contributed by atoms with van der Waals surface area (Å²) in [5.74, 6) is 0.803. The van der Waals surface area contributed by atoms with Crippen molar-refractivity contribution in [3.8, 4) is 11.5 Å². The molecule has 1 amide bonds. The molecule has 0 atom stereocenters. The molecule has 1 aromatic heterocycles. The van der Waals surface area contributed by atoms with Gasteiger partial charge in [0, 0.05) is 18.3 Å². The molecule has 0 fully saturated rings. The second-order valence-electron chi connectivity index (χ2n) is 5.91. The lowest BCUT2D eigenvalue weighted by Gasteiger charge is -2.10. The number of halogens is 2. The quantitative estimate of drug-likeness (QED) is 0.594. The highest BCUT2D eigenvalue weighted by Crippen LogP contribution is 2.33. The molecular formula is C21H18Cl2N2O3. The number of carbonyl (C=O) groups is 1. The SMILES string of the molecule is COc1c(Cl)cc(C(=O)NCc2ccc(OCc3ccccn3)cc2)cc1Cl. The van der Waals surface area contributed by atoms with Gasteiger partial charge in [-0.15, -0.1) is 0 Å². The average Bonchev–Trinajstić information content (AvgIpc) is 2.71. The van der Waals surface area contributed by atoms with E-state index in [-0.39, 0.29) is 16.0 Å². The largest absolute Gasteiger partial charge is 0.494 e. The number of nitrogens with one attached hydrogen (secondary N) is 1. The van der Waals surface area contributed by atoms with Crippen molar-refractivity contribution in [1.82, 2.24) is 10.3 Å². The minimum absolute atomic E-state index is 0.276. The van der Waals surface area contributed by atoms with Crippen LogP contribution in [0.4, 0.5) is 0 Å². The number of aromatic nitrogens is 1. The summed E-state index contributed by atoms with van der Waals surface area (Å²) < 4.78 is 10.8. The zero-order valence-corrected chi connectivity index (χ0v) is 16.6. The first-order chi connectivity index (χ1) is 13.6. The molecule has 0 bridgehead atoms. The first-order valence-corrected chi connectivity index (χ1v) is 9.25. The summed E-state index contributed by atoms with van der Waals surface area (Å²) in [6, 6.07) is 16.2. The van der Waals surface area contributed by atoms with E-state index in [0.29, 0.717) is 24.5 Å². The van der Waals surface area contributed by atoms with Crippen molar-refractivity contribution in [3.05, 3.63) is 87.7 Å². The maximum absolute atomic E-state index is 12.3. The van der Waals surface area contributed by atoms with E-state index in [2.05, 4.69) is 10.3 Å². The molecule has 0 spiro atoms. The number of rotatable bonds is 7. The molecule has 3 aromatic rings. The molecule has 0 saturated carbocycles. The van der Waals surface area contributed by atoms with Gasteiger partial charge < -0.3 is 14.8 Å². The van der Waals surface area contributed by atoms with E-state index in [4.69, 9.17) is 32.7 Å². The van der Waals surface area contributed by atoms with E-state index in [0.717, 1.165) is 17.0 Å². The summed E-state index contributed by atoms with van der Waals surface area (Å²) in [5, 5.41) is 3.41. The van der Waals surface area contributed by atoms with Crippen LogP contribution >= 0.6 is 23.2 Å². The van der Waals surface area contributed by atoms with E-state index >= 15 is 0 Å². The second-order valence-corrected chi connectivity index (χ2v) is 6.72. The third-order valence-electron chi connectivity index (χ3n) is 3.95. The molecule has 1 heterocycles. The zero-order valence-electron chi connectivity index (χ0n) is 15.1. The summed E-state index contributed by atoms with van der Waals surface area (Å²) in [4.78, 5) is 16.6. The number of amides is 1. The fraction of sp³-hybridized carbons (Fsp3) is 0.143. The first kappa shape index (κ1) is 20.0. The van der Waals surface area contributed by atoms with Gasteiger partial charge in [0.05, 0.1) is 22.8 Å². The van der Waals surface area contributed by atoms with Crippen LogP contribution in [-0.4, -0.2) is 18.0 Å². The van der Waals surface area contributed by atoms with Crippen LogP contribution in [0.3, 0.4) is 0 Å². The third kappa shape index (κ3) is 5.15. The Hall–Kier alpha value is -2.76. The van der Waals surface area contributed by atoms with Gasteiger partial charge in [-0.3, -0.25) is 9.78 Å². The lowest BCUT2D eigenvalue weighted by molar-refractivity contribution is 0.0951. The molecular weight excluding hydrogens is 399 g/mol. The number of benzene rings is 2. The molecule has 5 nitrogen and oxygen atoms in total. The molecule has 0 aliphatic heterocycles. The maximum atomic E-state index is 12.3. The summed E-state index contributed by atoms with van der Waals surface area (Å²) in [5.41, 5.74) is 2.16. The van der Waals surface area contributed by atoms with Crippen LogP contribution < -0.4 is 14.8 Å². The van der Waals surface area contributed by atoms with Gasteiger partial charge in [0.2, 0.25) is 0 Å². The molecule has 3 rings (SSSR count). The van der Waals surface area contributed by atoms with Crippen molar-refractivity contribution >= 4 is 29.1 Å². The molecule has 7 heteroatoms. The van der Waals surface area contributed by atoms with E-state index in [9.17, 15) is 4.79 Å². The number of nitrogens with zero attached hydrogens (tertiary/aromatic N) is 1. The number of hydrogen-bond donors (Lipinski definition) is 1. The van der Waals surface area contributed by atoms with Gasteiger partial charge in [0.15, 0.2) is 5.75 Å². The van der Waals surface area contributed by atoms with Crippen LogP contribution in [0.2, 0.25) is 10.0 Å². The smallest absolute Gasteiger partial charge is 0.251 e. The Morgan fingerprint density at radius 2 is 1.79 bits per heavy atom. The first-order valence-electron chi connectivity index (χ1n) is 8.49. The topological polar surface area (TPSA) is 60.5 Å². The fourth-order valence-electron chi connectivity index (χ4n) is 2.51. The summed E-state index contributed by atoms with van der Waals surface area (Å²) in [6.07, 6.45) is 1.73. The van der Waals surface area contributed by atoms with E-state index < -0.39 is 0 Å². The fourth-order valence-corrected chi connectivity index (χ4v) is 3.16. The van der Waals surface area contributed by atoms with Crippen molar-refractivity contribution in [2.24, 2.45) is 0 Å². The van der Waals surface area contributed by atoms with Crippen LogP contribution in [0.25, 0.3) is 0 Å². The Labute approximate surface area is 173 Å². The Morgan fingerprint density at radius 1 is 1.07 bits per heavy atom. The number of carbonyl (C=O) groups excluding carboxylic acids is 1. The molecule has 28 heavy (non-hydrogen) atoms. The van der Waals surface area contributed by atoms with E-state index in [1.807, 2.05) is 42.5 Å². The predicted molar refractivity (Wildman–Crippen MR) is 109 cm³/mol. The van der Waals surface area contributed by atoms with Gasteiger partial charge in [-0.05, 0) is 42.0 Å². The van der Waals surface area contributed by atoms with Crippen LogP contribution in [0.5, 0.6) is 11.5 Å². The van der Waals surface area contributed by atoms with Gasteiger partial charge in [-0.2, -0.15) is 0 Å². The van der Waals surface area contributed by atoms with Crippen molar-refractivity contribution in [1.29, 1.82) is 0 Å². The normalized spacial score (nSPS) is 10.4. The molecule has 0 radical (unpaired) electrons. The summed E-state index contributed by atoms with van der Waals surface area (Å²) in [6.45, 7) is 0.760. The minimum atomic E-state index is -0.276. The van der Waals surface area contributed by atoms with Crippen molar-refractivity contribution < 1.29 is 14.3 Å². The molecule has 144 valence electrons. The number of pyridine rings is 1. The molecule has 0 aliphatic carbocycles. The molecule has 1 N–H and O–H groups in total. The highest BCUT2D eigenvalue weighted by Gasteiger charge is 2.13. The Balaban J connectivity index is 1.55. The van der Waals surface area contributed by atoms with Gasteiger partial charge in [-0.1, -0.05) is 41.4 Å². The maximum Gasteiger partial charge on any atom is 0.251 e. The van der Waals surface area contributed by atoms with Crippen LogP contribution in [0, 0.1) is 0 Å². The highest BCUT2D eigenvalue weighted by molar-refractivity contribution is 6.37.